The molecule has 1 aliphatic rings. The molecular weight excluding hydrogens is 324 g/mol. The molecule has 0 amide bonds. The smallest absolute Gasteiger partial charge is 0.182 e. The molecule has 0 spiro atoms. The van der Waals surface area contributed by atoms with Crippen LogP contribution in [0.2, 0.25) is 0 Å². The first kappa shape index (κ1) is 16.5. The molecule has 0 unspecified atom stereocenters. The highest BCUT2D eigenvalue weighted by Crippen LogP contribution is 2.33. The molecule has 0 saturated carbocycles. The van der Waals surface area contributed by atoms with Crippen LogP contribution < -0.4 is 4.74 Å². The van der Waals surface area contributed by atoms with Gasteiger partial charge in [0.15, 0.2) is 5.82 Å². The van der Waals surface area contributed by atoms with E-state index in [4.69, 9.17) is 4.74 Å². The van der Waals surface area contributed by atoms with Gasteiger partial charge in [0.1, 0.15) is 11.4 Å². The number of aromatic nitrogens is 4. The van der Waals surface area contributed by atoms with Crippen LogP contribution >= 0.6 is 0 Å². The number of hydrogen-bond acceptors (Lipinski definition) is 4. The molecule has 132 valence electrons. The van der Waals surface area contributed by atoms with E-state index >= 15 is 0 Å². The third kappa shape index (κ3) is 3.52. The number of nitrogens with zero attached hydrogens (tertiary/aromatic N) is 4. The number of fused-ring (bicyclic) bond motifs is 1. The van der Waals surface area contributed by atoms with Crippen LogP contribution in [-0.4, -0.2) is 25.8 Å². The van der Waals surface area contributed by atoms with Gasteiger partial charge in [0.25, 0.3) is 0 Å². The van der Waals surface area contributed by atoms with E-state index in [0.29, 0.717) is 0 Å². The lowest BCUT2D eigenvalue weighted by Gasteiger charge is -2.27. The van der Waals surface area contributed by atoms with E-state index in [1.807, 2.05) is 36.7 Å². The monoisotopic (exact) mass is 346 g/mol. The fraction of sp³-hybridized carbons (Fsp3) is 0.286. The highest BCUT2D eigenvalue weighted by molar-refractivity contribution is 5.68. The van der Waals surface area contributed by atoms with Crippen molar-refractivity contribution in [2.75, 3.05) is 0 Å². The Morgan fingerprint density at radius 3 is 2.77 bits per heavy atom. The summed E-state index contributed by atoms with van der Waals surface area (Å²) in [5.41, 5.74) is 3.12. The van der Waals surface area contributed by atoms with E-state index in [2.05, 4.69) is 58.0 Å². The molecule has 1 aliphatic heterocycles. The van der Waals surface area contributed by atoms with Crippen molar-refractivity contribution in [3.63, 3.8) is 0 Å². The van der Waals surface area contributed by atoms with E-state index in [1.54, 1.807) is 0 Å². The predicted molar refractivity (Wildman–Crippen MR) is 102 cm³/mol. The highest BCUT2D eigenvalue weighted by atomic mass is 16.5. The normalized spacial score (nSPS) is 14.7. The summed E-state index contributed by atoms with van der Waals surface area (Å²) in [6, 6.07) is 16.6. The Hall–Kier alpha value is -2.95. The largest absolute Gasteiger partial charge is 0.483 e. The van der Waals surface area contributed by atoms with Gasteiger partial charge in [0.05, 0.1) is 0 Å². The Morgan fingerprint density at radius 1 is 1.08 bits per heavy atom. The molecule has 0 fully saturated rings. The number of ether oxygens (including phenoxy) is 1. The fourth-order valence-electron chi connectivity index (χ4n) is 3.16. The van der Waals surface area contributed by atoms with Gasteiger partial charge in [-0.25, -0.2) is 4.68 Å². The van der Waals surface area contributed by atoms with Crippen LogP contribution in [0.5, 0.6) is 5.75 Å². The molecule has 0 saturated heterocycles. The average Bonchev–Trinajstić information content (AvgIpc) is 3.10. The van der Waals surface area contributed by atoms with Crippen LogP contribution in [0.15, 0.2) is 54.6 Å². The second kappa shape index (κ2) is 6.75. The molecule has 4 rings (SSSR count). The second-order valence-electron chi connectivity index (χ2n) is 7.11. The van der Waals surface area contributed by atoms with Gasteiger partial charge in [-0.1, -0.05) is 36.4 Å². The maximum atomic E-state index is 5.99. The molecule has 0 atom stereocenters. The Kier molecular flexibility index (Phi) is 4.29. The third-order valence-corrected chi connectivity index (χ3v) is 4.52. The summed E-state index contributed by atoms with van der Waals surface area (Å²) in [7, 11) is 0. The van der Waals surface area contributed by atoms with E-state index in [0.717, 1.165) is 42.1 Å². The molecule has 0 radical (unpaired) electrons. The zero-order chi connectivity index (χ0) is 18.0. The average molecular weight is 346 g/mol. The minimum absolute atomic E-state index is 0.270. The van der Waals surface area contributed by atoms with Crippen molar-refractivity contribution < 1.29 is 4.74 Å². The van der Waals surface area contributed by atoms with Crippen LogP contribution in [0.4, 0.5) is 0 Å². The summed E-state index contributed by atoms with van der Waals surface area (Å²) in [6.07, 6.45) is 6.17. The van der Waals surface area contributed by atoms with Crippen molar-refractivity contribution >= 4 is 6.08 Å². The molecule has 2 heterocycles. The first-order valence-corrected chi connectivity index (χ1v) is 8.93. The fourth-order valence-corrected chi connectivity index (χ4v) is 3.16. The Bertz CT molecular complexity index is 928. The zero-order valence-electron chi connectivity index (χ0n) is 15.1. The Balaban J connectivity index is 1.50. The molecule has 0 aliphatic carbocycles. The van der Waals surface area contributed by atoms with Crippen molar-refractivity contribution in [3.8, 4) is 17.1 Å². The van der Waals surface area contributed by atoms with Crippen molar-refractivity contribution in [2.24, 2.45) is 0 Å². The standard InChI is InChI=1S/C21H22N4O/c1-21(2)13-12-17-15-18(10-11-19(17)26-21)20-22-23-24-25(20)14-6-9-16-7-4-3-5-8-16/h3-5,7-8,10-13,15H,6,9,14H2,1-2H3. The summed E-state index contributed by atoms with van der Waals surface area (Å²) in [5, 5.41) is 12.3. The molecule has 1 aromatic heterocycles. The summed E-state index contributed by atoms with van der Waals surface area (Å²) in [4.78, 5) is 0. The molecular formula is C21H22N4O. The zero-order valence-corrected chi connectivity index (χ0v) is 15.1. The number of benzene rings is 2. The maximum Gasteiger partial charge on any atom is 0.182 e. The van der Waals surface area contributed by atoms with E-state index in [9.17, 15) is 0 Å². The van der Waals surface area contributed by atoms with Crippen molar-refractivity contribution in [3.05, 3.63) is 65.7 Å². The van der Waals surface area contributed by atoms with Crippen molar-refractivity contribution in [2.45, 2.75) is 38.8 Å². The van der Waals surface area contributed by atoms with Crippen LogP contribution in [0, 0.1) is 0 Å². The Morgan fingerprint density at radius 2 is 1.92 bits per heavy atom. The van der Waals surface area contributed by atoms with Crippen LogP contribution in [0.25, 0.3) is 17.5 Å². The minimum Gasteiger partial charge on any atom is -0.483 e. The van der Waals surface area contributed by atoms with Crippen LogP contribution in [0.3, 0.4) is 0 Å². The summed E-state index contributed by atoms with van der Waals surface area (Å²) >= 11 is 0. The van der Waals surface area contributed by atoms with Gasteiger partial charge < -0.3 is 4.74 Å². The molecule has 5 heteroatoms. The van der Waals surface area contributed by atoms with Gasteiger partial charge >= 0.3 is 0 Å². The first-order valence-electron chi connectivity index (χ1n) is 8.93. The van der Waals surface area contributed by atoms with Crippen molar-refractivity contribution in [1.82, 2.24) is 20.2 Å². The van der Waals surface area contributed by atoms with E-state index in [-0.39, 0.29) is 5.60 Å². The lowest BCUT2D eigenvalue weighted by Crippen LogP contribution is -2.27. The number of aryl methyl sites for hydroxylation is 2. The van der Waals surface area contributed by atoms with Crippen molar-refractivity contribution in [1.29, 1.82) is 0 Å². The number of hydrogen-bond donors (Lipinski definition) is 0. The van der Waals surface area contributed by atoms with Crippen LogP contribution in [-0.2, 0) is 13.0 Å². The predicted octanol–water partition coefficient (Wildman–Crippen LogP) is 4.16. The van der Waals surface area contributed by atoms with Gasteiger partial charge in [-0.3, -0.25) is 0 Å². The van der Waals surface area contributed by atoms with Gasteiger partial charge in [-0.05, 0) is 67.0 Å². The molecule has 0 N–H and O–H groups in total. The van der Waals surface area contributed by atoms with Gasteiger partial charge in [0.2, 0.25) is 0 Å². The summed E-state index contributed by atoms with van der Waals surface area (Å²) in [5.74, 6) is 1.68. The maximum absolute atomic E-state index is 5.99. The van der Waals surface area contributed by atoms with Crippen LogP contribution in [0.1, 0.15) is 31.4 Å². The minimum atomic E-state index is -0.270. The van der Waals surface area contributed by atoms with E-state index in [1.165, 1.54) is 5.56 Å². The highest BCUT2D eigenvalue weighted by Gasteiger charge is 2.22. The quantitative estimate of drug-likeness (QED) is 0.696. The third-order valence-electron chi connectivity index (χ3n) is 4.52. The lowest BCUT2D eigenvalue weighted by molar-refractivity contribution is 0.159. The molecule has 3 aromatic rings. The first-order chi connectivity index (χ1) is 12.6. The van der Waals surface area contributed by atoms with Gasteiger partial charge in [-0.2, -0.15) is 0 Å². The molecule has 5 nitrogen and oxygen atoms in total. The summed E-state index contributed by atoms with van der Waals surface area (Å²) in [6.45, 7) is 4.88. The van der Waals surface area contributed by atoms with Gasteiger partial charge in [-0.15, -0.1) is 5.10 Å². The topological polar surface area (TPSA) is 52.8 Å². The lowest BCUT2D eigenvalue weighted by atomic mass is 10.0. The summed E-state index contributed by atoms with van der Waals surface area (Å²) < 4.78 is 7.87. The number of tetrazole rings is 1. The molecule has 26 heavy (non-hydrogen) atoms. The van der Waals surface area contributed by atoms with E-state index < -0.39 is 0 Å². The number of rotatable bonds is 5. The SMILES string of the molecule is CC1(C)C=Cc2cc(-c3nnnn3CCCc3ccccc3)ccc2O1. The Labute approximate surface area is 153 Å². The molecule has 0 bridgehead atoms. The second-order valence-corrected chi connectivity index (χ2v) is 7.11. The van der Waals surface area contributed by atoms with Gasteiger partial charge in [0, 0.05) is 17.7 Å². The molecule has 2 aromatic carbocycles.